The van der Waals surface area contributed by atoms with Gasteiger partial charge in [-0.1, -0.05) is 48.2 Å². The zero-order chi connectivity index (χ0) is 12.8. The molecule has 0 atom stereocenters. The first kappa shape index (κ1) is 12.6. The van der Waals surface area contributed by atoms with E-state index in [-0.39, 0.29) is 5.56 Å². The smallest absolute Gasteiger partial charge is 0.254 e. The molecule has 0 radical (unpaired) electrons. The fourth-order valence-corrected chi connectivity index (χ4v) is 2.50. The third-order valence-corrected chi connectivity index (χ3v) is 3.48. The SMILES string of the molecule is C=CCn1c(SCc2ccccc2)nccc1=O. The lowest BCUT2D eigenvalue weighted by Crippen LogP contribution is -2.20. The predicted molar refractivity (Wildman–Crippen MR) is 74.7 cm³/mol. The Kier molecular flexibility index (Phi) is 4.36. The van der Waals surface area contributed by atoms with Gasteiger partial charge in [-0.2, -0.15) is 0 Å². The van der Waals surface area contributed by atoms with Crippen LogP contribution in [0.1, 0.15) is 5.56 Å². The number of hydrogen-bond acceptors (Lipinski definition) is 3. The summed E-state index contributed by atoms with van der Waals surface area (Å²) in [5, 5.41) is 0.728. The molecular weight excluding hydrogens is 244 g/mol. The van der Waals surface area contributed by atoms with E-state index in [0.29, 0.717) is 6.54 Å². The Balaban J connectivity index is 2.16. The second-order valence-electron chi connectivity index (χ2n) is 3.74. The molecule has 4 heteroatoms. The molecule has 3 nitrogen and oxygen atoms in total. The average molecular weight is 258 g/mol. The van der Waals surface area contributed by atoms with Gasteiger partial charge in [0.2, 0.25) is 0 Å². The van der Waals surface area contributed by atoms with Crippen LogP contribution in [0.4, 0.5) is 0 Å². The fourth-order valence-electron chi connectivity index (χ4n) is 1.55. The Hall–Kier alpha value is -1.81. The normalized spacial score (nSPS) is 10.2. The van der Waals surface area contributed by atoms with Crippen molar-refractivity contribution in [3.05, 3.63) is 71.2 Å². The molecule has 1 heterocycles. The molecule has 0 fully saturated rings. The van der Waals surface area contributed by atoms with Crippen LogP contribution in [-0.2, 0) is 12.3 Å². The largest absolute Gasteiger partial charge is 0.284 e. The molecule has 0 unspecified atom stereocenters. The van der Waals surface area contributed by atoms with E-state index in [0.717, 1.165) is 10.9 Å². The molecule has 1 aromatic carbocycles. The minimum atomic E-state index is -0.0412. The van der Waals surface area contributed by atoms with Crippen LogP contribution in [-0.4, -0.2) is 9.55 Å². The van der Waals surface area contributed by atoms with E-state index in [4.69, 9.17) is 0 Å². The van der Waals surface area contributed by atoms with Gasteiger partial charge in [-0.05, 0) is 5.56 Å². The predicted octanol–water partition coefficient (Wildman–Crippen LogP) is 2.72. The van der Waals surface area contributed by atoms with Gasteiger partial charge in [0.05, 0.1) is 0 Å². The second-order valence-corrected chi connectivity index (χ2v) is 4.68. The molecular formula is C14H14N2OS. The molecule has 0 aliphatic rings. The van der Waals surface area contributed by atoms with Crippen molar-refractivity contribution >= 4 is 11.8 Å². The van der Waals surface area contributed by atoms with Crippen LogP contribution >= 0.6 is 11.8 Å². The Morgan fingerprint density at radius 2 is 2.06 bits per heavy atom. The van der Waals surface area contributed by atoms with Gasteiger partial charge >= 0.3 is 0 Å². The van der Waals surface area contributed by atoms with Crippen molar-refractivity contribution in [2.24, 2.45) is 0 Å². The van der Waals surface area contributed by atoms with Gasteiger partial charge in [0.25, 0.3) is 5.56 Å². The Morgan fingerprint density at radius 1 is 1.28 bits per heavy atom. The molecule has 18 heavy (non-hydrogen) atoms. The number of nitrogens with zero attached hydrogens (tertiary/aromatic N) is 2. The molecule has 2 rings (SSSR count). The highest BCUT2D eigenvalue weighted by Crippen LogP contribution is 2.19. The highest BCUT2D eigenvalue weighted by Gasteiger charge is 2.04. The van der Waals surface area contributed by atoms with Crippen molar-refractivity contribution < 1.29 is 0 Å². The zero-order valence-electron chi connectivity index (χ0n) is 9.95. The number of allylic oxidation sites excluding steroid dienone is 1. The van der Waals surface area contributed by atoms with Crippen LogP contribution in [0.2, 0.25) is 0 Å². The van der Waals surface area contributed by atoms with Crippen molar-refractivity contribution in [2.75, 3.05) is 0 Å². The summed E-state index contributed by atoms with van der Waals surface area (Å²) < 4.78 is 1.63. The standard InChI is InChI=1S/C14H14N2OS/c1-2-10-16-13(17)8-9-15-14(16)18-11-12-6-4-3-5-7-12/h2-9H,1,10-11H2. The average Bonchev–Trinajstić information content (AvgIpc) is 2.41. The van der Waals surface area contributed by atoms with E-state index in [1.54, 1.807) is 28.6 Å². The van der Waals surface area contributed by atoms with E-state index in [1.807, 2.05) is 18.2 Å². The summed E-state index contributed by atoms with van der Waals surface area (Å²) in [4.78, 5) is 16.0. The summed E-state index contributed by atoms with van der Waals surface area (Å²) in [5.41, 5.74) is 1.17. The maximum absolute atomic E-state index is 11.7. The molecule has 2 aromatic rings. The van der Waals surface area contributed by atoms with Crippen molar-refractivity contribution in [2.45, 2.75) is 17.5 Å². The molecule has 0 saturated heterocycles. The number of rotatable bonds is 5. The summed E-state index contributed by atoms with van der Waals surface area (Å²) in [5.74, 6) is 0.800. The van der Waals surface area contributed by atoms with Crippen LogP contribution in [0, 0.1) is 0 Å². The zero-order valence-corrected chi connectivity index (χ0v) is 10.8. The first-order valence-electron chi connectivity index (χ1n) is 5.64. The highest BCUT2D eigenvalue weighted by atomic mass is 32.2. The molecule has 92 valence electrons. The van der Waals surface area contributed by atoms with E-state index >= 15 is 0 Å². The van der Waals surface area contributed by atoms with Gasteiger partial charge in [0, 0.05) is 24.6 Å². The molecule has 0 amide bonds. The molecule has 0 aliphatic carbocycles. The van der Waals surface area contributed by atoms with Crippen LogP contribution in [0.5, 0.6) is 0 Å². The molecule has 0 spiro atoms. The number of thioether (sulfide) groups is 1. The second kappa shape index (κ2) is 6.21. The topological polar surface area (TPSA) is 34.9 Å². The molecule has 1 aromatic heterocycles. The third-order valence-electron chi connectivity index (χ3n) is 2.42. The minimum absolute atomic E-state index is 0.0412. The first-order valence-corrected chi connectivity index (χ1v) is 6.63. The van der Waals surface area contributed by atoms with Gasteiger partial charge < -0.3 is 0 Å². The quantitative estimate of drug-likeness (QED) is 0.470. The van der Waals surface area contributed by atoms with Gasteiger partial charge in [-0.25, -0.2) is 4.98 Å². The lowest BCUT2D eigenvalue weighted by molar-refractivity contribution is 0.657. The first-order chi connectivity index (χ1) is 8.81. The Bertz CT molecular complexity index is 578. The third kappa shape index (κ3) is 3.11. The molecule has 0 bridgehead atoms. The van der Waals surface area contributed by atoms with Crippen LogP contribution in [0.3, 0.4) is 0 Å². The summed E-state index contributed by atoms with van der Waals surface area (Å²) >= 11 is 1.56. The monoisotopic (exact) mass is 258 g/mol. The molecule has 0 N–H and O–H groups in total. The highest BCUT2D eigenvalue weighted by molar-refractivity contribution is 7.98. The lowest BCUT2D eigenvalue weighted by Gasteiger charge is -2.08. The van der Waals surface area contributed by atoms with Crippen molar-refractivity contribution in [3.8, 4) is 0 Å². The van der Waals surface area contributed by atoms with Gasteiger partial charge in [0.15, 0.2) is 5.16 Å². The molecule has 0 saturated carbocycles. The van der Waals surface area contributed by atoms with Crippen molar-refractivity contribution in [1.82, 2.24) is 9.55 Å². The van der Waals surface area contributed by atoms with E-state index < -0.39 is 0 Å². The maximum atomic E-state index is 11.7. The fraction of sp³-hybridized carbons (Fsp3) is 0.143. The van der Waals surface area contributed by atoms with Gasteiger partial charge in [0.1, 0.15) is 0 Å². The summed E-state index contributed by atoms with van der Waals surface area (Å²) in [6.45, 7) is 4.15. The Labute approximate surface area is 110 Å². The molecule has 0 aliphatic heterocycles. The maximum Gasteiger partial charge on any atom is 0.254 e. The number of hydrogen-bond donors (Lipinski definition) is 0. The van der Waals surface area contributed by atoms with Gasteiger partial charge in [-0.3, -0.25) is 9.36 Å². The van der Waals surface area contributed by atoms with E-state index in [1.165, 1.54) is 11.6 Å². The van der Waals surface area contributed by atoms with Crippen molar-refractivity contribution in [1.29, 1.82) is 0 Å². The summed E-state index contributed by atoms with van der Waals surface area (Å²) in [7, 11) is 0. The van der Waals surface area contributed by atoms with Crippen LogP contribution in [0.25, 0.3) is 0 Å². The van der Waals surface area contributed by atoms with Crippen molar-refractivity contribution in [3.63, 3.8) is 0 Å². The van der Waals surface area contributed by atoms with E-state index in [2.05, 4.69) is 23.7 Å². The van der Waals surface area contributed by atoms with E-state index in [9.17, 15) is 4.79 Å². The number of aromatic nitrogens is 2. The van der Waals surface area contributed by atoms with Crippen LogP contribution in [0.15, 0.2) is 65.2 Å². The number of benzene rings is 1. The van der Waals surface area contributed by atoms with Crippen LogP contribution < -0.4 is 5.56 Å². The summed E-state index contributed by atoms with van der Waals surface area (Å²) in [6.07, 6.45) is 3.25. The minimum Gasteiger partial charge on any atom is -0.284 e. The Morgan fingerprint density at radius 3 is 2.78 bits per heavy atom. The lowest BCUT2D eigenvalue weighted by atomic mass is 10.2. The summed E-state index contributed by atoms with van der Waals surface area (Å²) in [6, 6.07) is 11.6. The van der Waals surface area contributed by atoms with Gasteiger partial charge in [-0.15, -0.1) is 6.58 Å².